The van der Waals surface area contributed by atoms with Crippen LogP contribution in [0.15, 0.2) is 11.1 Å². The Kier molecular flexibility index (Phi) is 3.81. The molecular formula is C13H26O2. The first-order valence-electron chi connectivity index (χ1n) is 6.54. The van der Waals surface area contributed by atoms with Gasteiger partial charge in [0.2, 0.25) is 0 Å². The van der Waals surface area contributed by atoms with Gasteiger partial charge < -0.3 is 9.47 Å². The molecule has 0 bridgehead atoms. The van der Waals surface area contributed by atoms with Crippen molar-refractivity contribution in [1.29, 1.82) is 0 Å². The molecule has 0 radical (unpaired) electrons. The average Bonchev–Trinajstić information content (AvgIpc) is 2.13. The van der Waals surface area contributed by atoms with E-state index in [-0.39, 0.29) is 5.60 Å². The first-order chi connectivity index (χ1) is 7.54. The maximum Gasteiger partial charge on any atom is 0.0836 e. The highest BCUT2D eigenvalue weighted by molar-refractivity contribution is 5.25. The van der Waals surface area contributed by atoms with E-state index in [2.05, 4.69) is 0 Å². The van der Waals surface area contributed by atoms with Crippen LogP contribution >= 0.6 is 0 Å². The number of hydrogen-bond donors (Lipinski definition) is 0. The van der Waals surface area contributed by atoms with Crippen LogP contribution in [0.4, 0.5) is 0 Å². The summed E-state index contributed by atoms with van der Waals surface area (Å²) in [5.41, 5.74) is 1.14. The molecule has 0 aliphatic heterocycles. The molecule has 0 saturated heterocycles. The monoisotopic (exact) mass is 216 g/mol. The third kappa shape index (κ3) is 3.62. The van der Waals surface area contributed by atoms with Gasteiger partial charge in [0.05, 0.1) is 13.9 Å². The molecule has 0 saturated carbocycles. The van der Waals surface area contributed by atoms with Crippen molar-refractivity contribution in [3.8, 4) is 0 Å². The fraction of sp³-hybridized carbons (Fsp3) is 0.846. The fourth-order valence-electron chi connectivity index (χ4n) is 1.46. The third-order valence-electron chi connectivity index (χ3n) is 3.17. The topological polar surface area (TPSA) is 18.5 Å². The lowest BCUT2D eigenvalue weighted by Crippen LogP contribution is -2.32. The molecule has 0 N–H and O–H groups in total. The second-order valence-corrected chi connectivity index (χ2v) is 4.82. The van der Waals surface area contributed by atoms with Crippen molar-refractivity contribution in [3.05, 3.63) is 11.1 Å². The van der Waals surface area contributed by atoms with Gasteiger partial charge in [-0.3, -0.25) is 0 Å². The summed E-state index contributed by atoms with van der Waals surface area (Å²) in [4.78, 5) is 0. The van der Waals surface area contributed by atoms with Gasteiger partial charge in [0.1, 0.15) is 0 Å². The van der Waals surface area contributed by atoms with Crippen molar-refractivity contribution in [2.45, 2.75) is 59.7 Å². The fourth-order valence-corrected chi connectivity index (χ4v) is 1.46. The highest BCUT2D eigenvalue weighted by Gasteiger charge is 2.28. The van der Waals surface area contributed by atoms with E-state index < -0.39 is 12.7 Å². The van der Waals surface area contributed by atoms with Crippen molar-refractivity contribution >= 4 is 0 Å². The minimum atomic E-state index is -1.28. The van der Waals surface area contributed by atoms with Gasteiger partial charge in [0.25, 0.3) is 0 Å². The molecule has 0 rings (SSSR count). The molecule has 0 aliphatic carbocycles. The lowest BCUT2D eigenvalue weighted by atomic mass is 9.87. The standard InChI is InChI=1S/C13H26O2/c1-9-15-13(6,7)11(3)10(2)12(4,5)14-8/h9H2,1-8H3/b11-10-/i8D2. The smallest absolute Gasteiger partial charge is 0.0836 e. The summed E-state index contributed by atoms with van der Waals surface area (Å²) in [6.45, 7) is 14.4. The van der Waals surface area contributed by atoms with E-state index in [9.17, 15) is 0 Å². The molecule has 2 nitrogen and oxygen atoms in total. The zero-order valence-electron chi connectivity index (χ0n) is 13.1. The highest BCUT2D eigenvalue weighted by atomic mass is 16.5. The summed E-state index contributed by atoms with van der Waals surface area (Å²) in [5, 5.41) is 0. The minimum absolute atomic E-state index is 0.348. The Morgan fingerprint density at radius 2 is 1.53 bits per heavy atom. The van der Waals surface area contributed by atoms with E-state index in [4.69, 9.17) is 12.2 Å². The van der Waals surface area contributed by atoms with Crippen molar-refractivity contribution in [2.24, 2.45) is 0 Å². The maximum atomic E-state index is 7.20. The number of rotatable bonds is 5. The van der Waals surface area contributed by atoms with E-state index in [1.165, 1.54) is 0 Å². The second-order valence-electron chi connectivity index (χ2n) is 4.82. The van der Waals surface area contributed by atoms with Crippen molar-refractivity contribution < 1.29 is 12.2 Å². The molecule has 0 aromatic carbocycles. The quantitative estimate of drug-likeness (QED) is 0.654. The lowest BCUT2D eigenvalue weighted by molar-refractivity contribution is 0.0110. The zero-order valence-corrected chi connectivity index (χ0v) is 11.1. The largest absolute Gasteiger partial charge is 0.374 e. The number of ether oxygens (including phenoxy) is 2. The van der Waals surface area contributed by atoms with Gasteiger partial charge in [0.15, 0.2) is 0 Å². The predicted molar refractivity (Wildman–Crippen MR) is 65.2 cm³/mol. The normalized spacial score (nSPS) is 17.3. The average molecular weight is 216 g/mol. The Labute approximate surface area is 97.5 Å². The summed E-state index contributed by atoms with van der Waals surface area (Å²) in [7, 11) is -1.28. The Morgan fingerprint density at radius 3 is 1.93 bits per heavy atom. The van der Waals surface area contributed by atoms with Gasteiger partial charge in [-0.05, 0) is 59.6 Å². The molecule has 0 spiro atoms. The van der Waals surface area contributed by atoms with Crippen LogP contribution in [-0.4, -0.2) is 24.9 Å². The van der Waals surface area contributed by atoms with Gasteiger partial charge in [-0.15, -0.1) is 0 Å². The van der Waals surface area contributed by atoms with Crippen LogP contribution in [0, 0.1) is 0 Å². The summed E-state index contributed by atoms with van der Waals surface area (Å²) >= 11 is 0. The van der Waals surface area contributed by atoms with Crippen molar-refractivity contribution in [1.82, 2.24) is 0 Å². The Balaban J connectivity index is 5.15. The van der Waals surface area contributed by atoms with Gasteiger partial charge >= 0.3 is 0 Å². The molecule has 0 fully saturated rings. The number of hydrogen-bond acceptors (Lipinski definition) is 2. The van der Waals surface area contributed by atoms with Gasteiger partial charge in [-0.1, -0.05) is 0 Å². The molecule has 15 heavy (non-hydrogen) atoms. The Bertz CT molecular complexity index is 281. The van der Waals surface area contributed by atoms with E-state index >= 15 is 0 Å². The summed E-state index contributed by atoms with van der Waals surface area (Å²) < 4.78 is 25.4. The molecule has 0 aromatic rings. The van der Waals surface area contributed by atoms with Gasteiger partial charge in [0, 0.05) is 13.7 Å². The molecular weight excluding hydrogens is 188 g/mol. The van der Waals surface area contributed by atoms with Crippen LogP contribution in [0.25, 0.3) is 0 Å². The first kappa shape index (κ1) is 11.2. The molecule has 0 amide bonds. The Hall–Kier alpha value is -0.340. The van der Waals surface area contributed by atoms with E-state index in [0.717, 1.165) is 11.1 Å². The number of methoxy groups -OCH3 is 1. The van der Waals surface area contributed by atoms with Gasteiger partial charge in [-0.25, -0.2) is 0 Å². The SMILES string of the molecule is [2H]C([2H])OC(C)(C)/C(C)=C(/C)C(C)(C)OCC. The maximum absolute atomic E-state index is 7.20. The van der Waals surface area contributed by atoms with Crippen molar-refractivity contribution in [3.63, 3.8) is 0 Å². The van der Waals surface area contributed by atoms with Crippen LogP contribution < -0.4 is 0 Å². The van der Waals surface area contributed by atoms with Crippen LogP contribution in [0.3, 0.4) is 0 Å². The Morgan fingerprint density at radius 1 is 1.07 bits per heavy atom. The molecule has 0 aromatic heterocycles. The molecule has 0 atom stereocenters. The third-order valence-corrected chi connectivity index (χ3v) is 3.17. The van der Waals surface area contributed by atoms with Crippen LogP contribution in [0.2, 0.25) is 0 Å². The van der Waals surface area contributed by atoms with Gasteiger partial charge in [-0.2, -0.15) is 0 Å². The molecule has 90 valence electrons. The van der Waals surface area contributed by atoms with Crippen LogP contribution in [0.1, 0.15) is 51.2 Å². The molecule has 0 aliphatic rings. The molecule has 0 unspecified atom stereocenters. The summed E-state index contributed by atoms with van der Waals surface area (Å²) in [5.74, 6) is 0. The van der Waals surface area contributed by atoms with Crippen LogP contribution in [0.5, 0.6) is 0 Å². The predicted octanol–water partition coefficient (Wildman–Crippen LogP) is 3.56. The van der Waals surface area contributed by atoms with Crippen LogP contribution in [-0.2, 0) is 9.47 Å². The highest BCUT2D eigenvalue weighted by Crippen LogP contribution is 2.30. The second kappa shape index (κ2) is 5.13. The summed E-state index contributed by atoms with van der Waals surface area (Å²) in [6.07, 6.45) is 0. The van der Waals surface area contributed by atoms with E-state index in [0.29, 0.717) is 6.61 Å². The van der Waals surface area contributed by atoms with Crippen molar-refractivity contribution in [2.75, 3.05) is 13.7 Å². The zero-order chi connectivity index (χ0) is 13.9. The summed E-state index contributed by atoms with van der Waals surface area (Å²) in [6, 6.07) is 0. The first-order valence-corrected chi connectivity index (χ1v) is 5.39. The minimum Gasteiger partial charge on any atom is -0.374 e. The lowest BCUT2D eigenvalue weighted by Gasteiger charge is -2.33. The molecule has 2 heteroatoms. The van der Waals surface area contributed by atoms with E-state index in [1.807, 2.05) is 48.5 Å². The van der Waals surface area contributed by atoms with E-state index in [1.54, 1.807) is 0 Å². The molecule has 0 heterocycles.